The number of hydrogen-bond donors (Lipinski definition) is 3. The summed E-state index contributed by atoms with van der Waals surface area (Å²) in [4.78, 5) is 26.3. The highest BCUT2D eigenvalue weighted by molar-refractivity contribution is 5.93. The van der Waals surface area contributed by atoms with Crippen LogP contribution in [0, 0.1) is 5.82 Å². The molecule has 0 unspecified atom stereocenters. The van der Waals surface area contributed by atoms with Crippen molar-refractivity contribution in [3.05, 3.63) is 48.3 Å². The summed E-state index contributed by atoms with van der Waals surface area (Å²) in [5.41, 5.74) is -0.292. The molecule has 0 aliphatic rings. The number of rotatable bonds is 5. The Labute approximate surface area is 119 Å². The van der Waals surface area contributed by atoms with Crippen LogP contribution in [0.5, 0.6) is 0 Å². The zero-order valence-corrected chi connectivity index (χ0v) is 10.9. The van der Waals surface area contributed by atoms with Gasteiger partial charge in [-0.2, -0.15) is 0 Å². The third-order valence-corrected chi connectivity index (χ3v) is 2.68. The van der Waals surface area contributed by atoms with Gasteiger partial charge in [0.15, 0.2) is 0 Å². The van der Waals surface area contributed by atoms with Gasteiger partial charge in [-0.05, 0) is 18.2 Å². The molecule has 110 valence electrons. The lowest BCUT2D eigenvalue weighted by Crippen LogP contribution is -2.31. The molecule has 1 aromatic heterocycles. The maximum atomic E-state index is 13.5. The molecule has 2 amide bonds. The maximum absolute atomic E-state index is 13.5. The van der Waals surface area contributed by atoms with Crippen LogP contribution in [0.4, 0.5) is 14.9 Å². The van der Waals surface area contributed by atoms with Gasteiger partial charge in [0.2, 0.25) is 0 Å². The first-order chi connectivity index (χ1) is 10.1. The minimum Gasteiger partial charge on any atom is -0.478 e. The summed E-state index contributed by atoms with van der Waals surface area (Å²) < 4.78 is 15.3. The van der Waals surface area contributed by atoms with Crippen LogP contribution in [0.1, 0.15) is 10.4 Å². The Bertz CT molecular complexity index is 643. The van der Waals surface area contributed by atoms with E-state index in [1.165, 1.54) is 0 Å². The average molecular weight is 292 g/mol. The fourth-order valence-electron chi connectivity index (χ4n) is 1.64. The zero-order chi connectivity index (χ0) is 15.2. The van der Waals surface area contributed by atoms with Crippen LogP contribution < -0.4 is 10.6 Å². The molecule has 0 spiro atoms. The van der Waals surface area contributed by atoms with Crippen LogP contribution >= 0.6 is 0 Å². The Morgan fingerprint density at radius 3 is 2.86 bits per heavy atom. The van der Waals surface area contributed by atoms with Crippen molar-refractivity contribution in [2.75, 3.05) is 11.9 Å². The summed E-state index contributed by atoms with van der Waals surface area (Å²) in [6.07, 6.45) is 4.97. The largest absolute Gasteiger partial charge is 0.478 e. The van der Waals surface area contributed by atoms with Gasteiger partial charge in [-0.1, -0.05) is 0 Å². The van der Waals surface area contributed by atoms with E-state index in [0.717, 1.165) is 18.2 Å². The van der Waals surface area contributed by atoms with Crippen molar-refractivity contribution >= 4 is 17.7 Å². The van der Waals surface area contributed by atoms with Crippen molar-refractivity contribution in [1.82, 2.24) is 14.9 Å². The van der Waals surface area contributed by atoms with E-state index in [2.05, 4.69) is 15.6 Å². The molecule has 0 bridgehead atoms. The Morgan fingerprint density at radius 1 is 1.38 bits per heavy atom. The molecule has 2 rings (SSSR count). The van der Waals surface area contributed by atoms with E-state index in [0.29, 0.717) is 13.1 Å². The van der Waals surface area contributed by atoms with E-state index in [1.807, 2.05) is 0 Å². The molecule has 2 aromatic rings. The quantitative estimate of drug-likeness (QED) is 0.779. The fourth-order valence-corrected chi connectivity index (χ4v) is 1.64. The average Bonchev–Trinajstić information content (AvgIpc) is 2.94. The van der Waals surface area contributed by atoms with E-state index in [4.69, 9.17) is 5.11 Å². The molecule has 0 saturated carbocycles. The second-order valence-corrected chi connectivity index (χ2v) is 4.18. The number of urea groups is 1. The van der Waals surface area contributed by atoms with Gasteiger partial charge in [0.1, 0.15) is 5.82 Å². The molecule has 0 aliphatic carbocycles. The number of anilines is 1. The lowest BCUT2D eigenvalue weighted by Gasteiger charge is -2.09. The lowest BCUT2D eigenvalue weighted by molar-refractivity contribution is 0.0697. The Morgan fingerprint density at radius 2 is 2.19 bits per heavy atom. The number of aromatic carboxylic acids is 1. The van der Waals surface area contributed by atoms with Gasteiger partial charge >= 0.3 is 12.0 Å². The highest BCUT2D eigenvalue weighted by atomic mass is 19.1. The predicted molar refractivity (Wildman–Crippen MR) is 72.6 cm³/mol. The summed E-state index contributed by atoms with van der Waals surface area (Å²) in [6, 6.07) is 2.56. The van der Waals surface area contributed by atoms with E-state index in [1.54, 1.807) is 23.3 Å². The van der Waals surface area contributed by atoms with Gasteiger partial charge in [-0.15, -0.1) is 0 Å². The molecule has 0 saturated heterocycles. The van der Waals surface area contributed by atoms with E-state index in [9.17, 15) is 14.0 Å². The Hall–Kier alpha value is -2.90. The Balaban J connectivity index is 1.90. The number of amides is 2. The number of nitrogens with zero attached hydrogens (tertiary/aromatic N) is 2. The SMILES string of the molecule is O=C(NCCn1ccnc1)Nc1cc(C(=O)O)ccc1F. The van der Waals surface area contributed by atoms with Crippen molar-refractivity contribution in [2.45, 2.75) is 6.54 Å². The van der Waals surface area contributed by atoms with Crippen molar-refractivity contribution in [3.63, 3.8) is 0 Å². The van der Waals surface area contributed by atoms with Gasteiger partial charge in [0.25, 0.3) is 0 Å². The number of carboxylic acid groups (broad SMARTS) is 1. The second kappa shape index (κ2) is 6.51. The van der Waals surface area contributed by atoms with Crippen molar-refractivity contribution < 1.29 is 19.1 Å². The highest BCUT2D eigenvalue weighted by Gasteiger charge is 2.10. The summed E-state index contributed by atoms with van der Waals surface area (Å²) in [5.74, 6) is -1.90. The molecule has 21 heavy (non-hydrogen) atoms. The summed E-state index contributed by atoms with van der Waals surface area (Å²) >= 11 is 0. The smallest absolute Gasteiger partial charge is 0.335 e. The molecule has 7 nitrogen and oxygen atoms in total. The highest BCUT2D eigenvalue weighted by Crippen LogP contribution is 2.16. The Kier molecular flexibility index (Phi) is 4.50. The normalized spacial score (nSPS) is 10.1. The first kappa shape index (κ1) is 14.5. The van der Waals surface area contributed by atoms with E-state index >= 15 is 0 Å². The van der Waals surface area contributed by atoms with Crippen molar-refractivity contribution in [1.29, 1.82) is 0 Å². The standard InChI is InChI=1S/C13H13FN4O3/c14-10-2-1-9(12(19)20)7-11(10)17-13(21)16-4-6-18-5-3-15-8-18/h1-3,5,7-8H,4,6H2,(H,19,20)(H2,16,17,21). The predicted octanol–water partition coefficient (Wildman–Crippen LogP) is 1.54. The van der Waals surface area contributed by atoms with E-state index < -0.39 is 17.8 Å². The number of benzene rings is 1. The molecule has 0 aliphatic heterocycles. The molecular formula is C13H13FN4O3. The maximum Gasteiger partial charge on any atom is 0.335 e. The van der Waals surface area contributed by atoms with Crippen molar-refractivity contribution in [2.24, 2.45) is 0 Å². The van der Waals surface area contributed by atoms with Crippen LogP contribution in [0.25, 0.3) is 0 Å². The molecule has 1 aromatic carbocycles. The minimum absolute atomic E-state index is 0.106. The fraction of sp³-hybridized carbons (Fsp3) is 0.154. The molecular weight excluding hydrogens is 279 g/mol. The number of carbonyl (C=O) groups is 2. The summed E-state index contributed by atoms with van der Waals surface area (Å²) in [7, 11) is 0. The third kappa shape index (κ3) is 4.03. The van der Waals surface area contributed by atoms with E-state index in [-0.39, 0.29) is 11.3 Å². The monoisotopic (exact) mass is 292 g/mol. The minimum atomic E-state index is -1.20. The number of hydrogen-bond acceptors (Lipinski definition) is 3. The van der Waals surface area contributed by atoms with Crippen LogP contribution in [-0.2, 0) is 6.54 Å². The zero-order valence-electron chi connectivity index (χ0n) is 10.9. The first-order valence-electron chi connectivity index (χ1n) is 6.09. The first-order valence-corrected chi connectivity index (χ1v) is 6.09. The molecule has 0 radical (unpaired) electrons. The number of nitrogens with one attached hydrogen (secondary N) is 2. The summed E-state index contributed by atoms with van der Waals surface area (Å²) in [6.45, 7) is 0.841. The molecule has 0 atom stereocenters. The van der Waals surface area contributed by atoms with Gasteiger partial charge in [-0.3, -0.25) is 0 Å². The van der Waals surface area contributed by atoms with Crippen LogP contribution in [-0.4, -0.2) is 33.2 Å². The van der Waals surface area contributed by atoms with Gasteiger partial charge in [0, 0.05) is 25.5 Å². The summed E-state index contributed by atoms with van der Waals surface area (Å²) in [5, 5.41) is 13.6. The second-order valence-electron chi connectivity index (χ2n) is 4.18. The molecule has 0 fully saturated rings. The molecule has 1 heterocycles. The van der Waals surface area contributed by atoms with Crippen LogP contribution in [0.2, 0.25) is 0 Å². The molecule has 8 heteroatoms. The van der Waals surface area contributed by atoms with Crippen molar-refractivity contribution in [3.8, 4) is 0 Å². The molecule has 3 N–H and O–H groups in total. The van der Waals surface area contributed by atoms with Gasteiger partial charge in [-0.25, -0.2) is 19.0 Å². The number of halogens is 1. The third-order valence-electron chi connectivity index (χ3n) is 2.68. The van der Waals surface area contributed by atoms with Gasteiger partial charge < -0.3 is 20.3 Å². The lowest BCUT2D eigenvalue weighted by atomic mass is 10.2. The van der Waals surface area contributed by atoms with Crippen LogP contribution in [0.15, 0.2) is 36.9 Å². The number of carbonyl (C=O) groups excluding carboxylic acids is 1. The van der Waals surface area contributed by atoms with Crippen LogP contribution in [0.3, 0.4) is 0 Å². The number of aromatic nitrogens is 2. The topological polar surface area (TPSA) is 96.3 Å². The van der Waals surface area contributed by atoms with Gasteiger partial charge in [0.05, 0.1) is 17.6 Å². The number of carboxylic acids is 1. The number of imidazole rings is 1.